The summed E-state index contributed by atoms with van der Waals surface area (Å²) in [6.07, 6.45) is 3.53. The lowest BCUT2D eigenvalue weighted by Crippen LogP contribution is -2.40. The van der Waals surface area contributed by atoms with Gasteiger partial charge in [-0.2, -0.15) is 0 Å². The Bertz CT molecular complexity index is 1280. The fraction of sp³-hybridized carbons (Fsp3) is 0.440. The first-order valence-electron chi connectivity index (χ1n) is 11.8. The zero-order valence-electron chi connectivity index (χ0n) is 19.8. The predicted molar refractivity (Wildman–Crippen MR) is 130 cm³/mol. The predicted octanol–water partition coefficient (Wildman–Crippen LogP) is 3.26. The maximum absolute atomic E-state index is 13.2. The van der Waals surface area contributed by atoms with Crippen LogP contribution in [0.4, 0.5) is 11.4 Å². The first kappa shape index (κ1) is 23.5. The van der Waals surface area contributed by atoms with Crippen LogP contribution in [0.3, 0.4) is 0 Å². The topological polar surface area (TPSA) is 114 Å². The van der Waals surface area contributed by atoms with Crippen molar-refractivity contribution in [2.75, 3.05) is 30.2 Å². The van der Waals surface area contributed by atoms with Gasteiger partial charge in [-0.1, -0.05) is 18.6 Å². The second kappa shape index (κ2) is 8.75. The molecule has 10 heteroatoms. The second-order valence-corrected chi connectivity index (χ2v) is 11.0. The molecule has 2 aromatic carbocycles. The molecule has 2 fully saturated rings. The van der Waals surface area contributed by atoms with Crippen molar-refractivity contribution in [1.82, 2.24) is 4.90 Å². The Balaban J connectivity index is 1.49. The summed E-state index contributed by atoms with van der Waals surface area (Å²) in [6, 6.07) is 9.77. The largest absolute Gasteiger partial charge is 0.495 e. The summed E-state index contributed by atoms with van der Waals surface area (Å²) >= 11 is 0. The maximum Gasteiger partial charge on any atom is 0.265 e. The van der Waals surface area contributed by atoms with Crippen LogP contribution < -0.4 is 19.5 Å². The van der Waals surface area contributed by atoms with Gasteiger partial charge in [0, 0.05) is 38.9 Å². The van der Waals surface area contributed by atoms with Gasteiger partial charge in [-0.25, -0.2) is 8.42 Å². The molecule has 2 aliphatic heterocycles. The van der Waals surface area contributed by atoms with Gasteiger partial charge in [0.25, 0.3) is 10.0 Å². The number of amides is 2. The van der Waals surface area contributed by atoms with Crippen LogP contribution in [0.2, 0.25) is 0 Å². The quantitative estimate of drug-likeness (QED) is 0.631. The number of benzene rings is 2. The summed E-state index contributed by atoms with van der Waals surface area (Å²) < 4.78 is 40.7. The number of sulfonamides is 1. The molecule has 0 unspecified atom stereocenters. The molecule has 1 saturated carbocycles. The molecule has 0 aromatic heterocycles. The summed E-state index contributed by atoms with van der Waals surface area (Å²) in [6.45, 7) is 2.75. The first-order chi connectivity index (χ1) is 16.7. The zero-order valence-corrected chi connectivity index (χ0v) is 20.6. The molecule has 186 valence electrons. The standard InChI is InChI=1S/C25H29N3O6S/c1-16(29)28-12-8-18(9-13-28)34-21-15-17(14-19-23(21)26-24(30)25(19)10-5-11-25)27-35(31,32)22-7-4-3-6-20(22)33-2/h3-4,6-7,14-15,18,27H,5,8-13H2,1-2H3,(H,26,30). The number of piperidine rings is 1. The molecule has 2 amide bonds. The molecule has 3 aliphatic rings. The minimum Gasteiger partial charge on any atom is -0.495 e. The van der Waals surface area contributed by atoms with E-state index in [1.54, 1.807) is 42.2 Å². The van der Waals surface area contributed by atoms with Gasteiger partial charge in [0.05, 0.1) is 23.9 Å². The molecular weight excluding hydrogens is 470 g/mol. The number of hydrogen-bond acceptors (Lipinski definition) is 6. The number of carbonyl (C=O) groups excluding carboxylic acids is 2. The molecule has 2 N–H and O–H groups in total. The third-order valence-electron chi connectivity index (χ3n) is 7.29. The summed E-state index contributed by atoms with van der Waals surface area (Å²) in [5, 5.41) is 2.99. The van der Waals surface area contributed by atoms with Crippen molar-refractivity contribution in [3.63, 3.8) is 0 Å². The molecule has 2 heterocycles. The van der Waals surface area contributed by atoms with E-state index >= 15 is 0 Å². The van der Waals surface area contributed by atoms with Crippen LogP contribution in [-0.2, 0) is 25.0 Å². The van der Waals surface area contributed by atoms with Crippen molar-refractivity contribution in [1.29, 1.82) is 0 Å². The Morgan fingerprint density at radius 1 is 1.14 bits per heavy atom. The van der Waals surface area contributed by atoms with Gasteiger partial charge in [0.2, 0.25) is 11.8 Å². The Kier molecular flexibility index (Phi) is 5.86. The van der Waals surface area contributed by atoms with E-state index in [2.05, 4.69) is 10.0 Å². The number of fused-ring (bicyclic) bond motifs is 2. The third-order valence-corrected chi connectivity index (χ3v) is 8.71. The fourth-order valence-corrected chi connectivity index (χ4v) is 6.39. The number of hydrogen-bond donors (Lipinski definition) is 2. The van der Waals surface area contributed by atoms with Crippen molar-refractivity contribution in [3.05, 3.63) is 42.0 Å². The van der Waals surface area contributed by atoms with Gasteiger partial charge in [-0.05, 0) is 36.6 Å². The average Bonchev–Trinajstić information content (AvgIpc) is 3.11. The van der Waals surface area contributed by atoms with Crippen molar-refractivity contribution in [3.8, 4) is 11.5 Å². The van der Waals surface area contributed by atoms with E-state index < -0.39 is 15.4 Å². The molecule has 35 heavy (non-hydrogen) atoms. The lowest BCUT2D eigenvalue weighted by molar-refractivity contribution is -0.130. The highest BCUT2D eigenvalue weighted by atomic mass is 32.2. The highest BCUT2D eigenvalue weighted by Crippen LogP contribution is 2.54. The lowest BCUT2D eigenvalue weighted by atomic mass is 9.65. The van der Waals surface area contributed by atoms with Crippen molar-refractivity contribution in [2.24, 2.45) is 0 Å². The number of rotatable bonds is 6. The molecule has 1 spiro atoms. The number of carbonyl (C=O) groups is 2. The summed E-state index contributed by atoms with van der Waals surface area (Å²) in [5.41, 5.74) is 1.07. The monoisotopic (exact) mass is 499 g/mol. The third kappa shape index (κ3) is 4.09. The van der Waals surface area contributed by atoms with Gasteiger partial charge >= 0.3 is 0 Å². The van der Waals surface area contributed by atoms with Crippen LogP contribution in [0.1, 0.15) is 44.6 Å². The van der Waals surface area contributed by atoms with Crippen molar-refractivity contribution >= 4 is 33.2 Å². The van der Waals surface area contributed by atoms with Crippen molar-refractivity contribution in [2.45, 2.75) is 55.4 Å². The molecule has 5 rings (SSSR count). The highest BCUT2D eigenvalue weighted by Gasteiger charge is 2.52. The van der Waals surface area contributed by atoms with E-state index in [9.17, 15) is 18.0 Å². The minimum absolute atomic E-state index is 0.0228. The molecule has 0 atom stereocenters. The van der Waals surface area contributed by atoms with E-state index in [0.717, 1.165) is 12.0 Å². The number of nitrogens with one attached hydrogen (secondary N) is 2. The van der Waals surface area contributed by atoms with Gasteiger partial charge in [0.1, 0.15) is 22.5 Å². The summed E-state index contributed by atoms with van der Waals surface area (Å²) in [5.74, 6) is 0.650. The SMILES string of the molecule is COc1ccccc1S(=O)(=O)Nc1cc(OC2CCN(C(C)=O)CC2)c2c(c1)C1(CCC1)C(=O)N2. The molecular formula is C25H29N3O6S. The Labute approximate surface area is 204 Å². The Morgan fingerprint density at radius 2 is 1.86 bits per heavy atom. The van der Waals surface area contributed by atoms with Gasteiger partial charge in [0.15, 0.2) is 0 Å². The van der Waals surface area contributed by atoms with Crippen LogP contribution in [0, 0.1) is 0 Å². The molecule has 1 aliphatic carbocycles. The van der Waals surface area contributed by atoms with E-state index in [0.29, 0.717) is 55.9 Å². The van der Waals surface area contributed by atoms with Gasteiger partial charge < -0.3 is 19.7 Å². The molecule has 1 saturated heterocycles. The summed E-state index contributed by atoms with van der Waals surface area (Å²) in [4.78, 5) is 26.4. The van der Waals surface area contributed by atoms with Gasteiger partial charge in [-0.3, -0.25) is 14.3 Å². The lowest BCUT2D eigenvalue weighted by Gasteiger charge is -2.36. The minimum atomic E-state index is -3.96. The van der Waals surface area contributed by atoms with Crippen LogP contribution in [0.15, 0.2) is 41.3 Å². The molecule has 0 bridgehead atoms. The second-order valence-electron chi connectivity index (χ2n) is 9.37. The number of para-hydroxylation sites is 1. The number of methoxy groups -OCH3 is 1. The summed E-state index contributed by atoms with van der Waals surface area (Å²) in [7, 11) is -2.54. The van der Waals surface area contributed by atoms with Crippen molar-refractivity contribution < 1.29 is 27.5 Å². The number of ether oxygens (including phenoxy) is 2. The number of anilines is 2. The molecule has 9 nitrogen and oxygen atoms in total. The smallest absolute Gasteiger partial charge is 0.265 e. The van der Waals surface area contributed by atoms with E-state index in [4.69, 9.17) is 9.47 Å². The van der Waals surface area contributed by atoms with E-state index in [1.807, 2.05) is 0 Å². The highest BCUT2D eigenvalue weighted by molar-refractivity contribution is 7.92. The normalized spacial score (nSPS) is 19.0. The molecule has 2 aromatic rings. The van der Waals surface area contributed by atoms with E-state index in [-0.39, 0.29) is 28.6 Å². The Morgan fingerprint density at radius 3 is 2.49 bits per heavy atom. The van der Waals surface area contributed by atoms with Crippen LogP contribution in [-0.4, -0.2) is 51.4 Å². The van der Waals surface area contributed by atoms with Crippen LogP contribution in [0.5, 0.6) is 11.5 Å². The maximum atomic E-state index is 13.2. The Hall–Kier alpha value is -3.27. The van der Waals surface area contributed by atoms with Crippen LogP contribution >= 0.6 is 0 Å². The zero-order chi connectivity index (χ0) is 24.8. The van der Waals surface area contributed by atoms with E-state index in [1.165, 1.54) is 13.2 Å². The fourth-order valence-electron chi connectivity index (χ4n) is 5.17. The van der Waals surface area contributed by atoms with Gasteiger partial charge in [-0.15, -0.1) is 0 Å². The first-order valence-corrected chi connectivity index (χ1v) is 13.3. The average molecular weight is 500 g/mol. The number of nitrogens with zero attached hydrogens (tertiary/aromatic N) is 1. The number of likely N-dealkylation sites (tertiary alicyclic amines) is 1. The molecule has 0 radical (unpaired) electrons. The van der Waals surface area contributed by atoms with Crippen LogP contribution in [0.25, 0.3) is 0 Å².